The smallest absolute Gasteiger partial charge is 0.128 e. The summed E-state index contributed by atoms with van der Waals surface area (Å²) in [7, 11) is 4.26. The van der Waals surface area contributed by atoms with Gasteiger partial charge in [-0.1, -0.05) is 6.07 Å². The molecule has 76 valence electrons. The fourth-order valence-electron chi connectivity index (χ4n) is 1.93. The van der Waals surface area contributed by atoms with Gasteiger partial charge in [-0.25, -0.2) is 4.98 Å². The second-order valence-corrected chi connectivity index (χ2v) is 4.22. The highest BCUT2D eigenvalue weighted by Gasteiger charge is 2.27. The van der Waals surface area contributed by atoms with Crippen LogP contribution in [0.1, 0.15) is 0 Å². The molecule has 1 aromatic heterocycles. The monoisotopic (exact) mass is 191 g/mol. The van der Waals surface area contributed by atoms with Crippen molar-refractivity contribution in [2.75, 3.05) is 38.6 Å². The third-order valence-electron chi connectivity index (χ3n) is 2.55. The molecule has 1 aliphatic heterocycles. The van der Waals surface area contributed by atoms with E-state index in [4.69, 9.17) is 0 Å². The maximum atomic E-state index is 4.33. The molecule has 2 rings (SSSR count). The summed E-state index contributed by atoms with van der Waals surface area (Å²) in [5.74, 6) is 1.93. The van der Waals surface area contributed by atoms with Crippen LogP contribution in [0.3, 0.4) is 0 Å². The van der Waals surface area contributed by atoms with Gasteiger partial charge in [-0.2, -0.15) is 0 Å². The van der Waals surface area contributed by atoms with Crippen LogP contribution in [0.4, 0.5) is 5.82 Å². The van der Waals surface area contributed by atoms with Crippen LogP contribution in [0.25, 0.3) is 0 Å². The zero-order valence-corrected chi connectivity index (χ0v) is 8.85. The van der Waals surface area contributed by atoms with Crippen molar-refractivity contribution in [3.8, 4) is 0 Å². The molecule has 0 aliphatic carbocycles. The highest BCUT2D eigenvalue weighted by atomic mass is 15.2. The van der Waals surface area contributed by atoms with Crippen LogP contribution in [-0.2, 0) is 0 Å². The van der Waals surface area contributed by atoms with Crippen molar-refractivity contribution >= 4 is 5.82 Å². The van der Waals surface area contributed by atoms with Gasteiger partial charge in [0.1, 0.15) is 5.82 Å². The minimum absolute atomic E-state index is 0.812. The first-order valence-corrected chi connectivity index (χ1v) is 5.06. The van der Waals surface area contributed by atoms with Gasteiger partial charge in [0.2, 0.25) is 0 Å². The predicted molar refractivity (Wildman–Crippen MR) is 58.5 cm³/mol. The number of pyridine rings is 1. The zero-order chi connectivity index (χ0) is 9.97. The molecule has 0 unspecified atom stereocenters. The molecule has 0 aromatic carbocycles. The summed E-state index contributed by atoms with van der Waals surface area (Å²) in [6.07, 6.45) is 1.86. The molecule has 1 fully saturated rings. The normalized spacial score (nSPS) is 17.2. The molecule has 0 N–H and O–H groups in total. The van der Waals surface area contributed by atoms with Crippen molar-refractivity contribution in [3.05, 3.63) is 24.4 Å². The lowest BCUT2D eigenvalue weighted by Gasteiger charge is -2.41. The van der Waals surface area contributed by atoms with Crippen LogP contribution in [0, 0.1) is 5.92 Å². The number of anilines is 1. The van der Waals surface area contributed by atoms with E-state index < -0.39 is 0 Å². The molecular formula is C11H17N3. The minimum atomic E-state index is 0.812. The number of aromatic nitrogens is 1. The van der Waals surface area contributed by atoms with E-state index in [0.717, 1.165) is 24.8 Å². The lowest BCUT2D eigenvalue weighted by molar-refractivity contribution is 0.282. The molecule has 14 heavy (non-hydrogen) atoms. The summed E-state index contributed by atoms with van der Waals surface area (Å²) in [4.78, 5) is 8.90. The Balaban J connectivity index is 1.83. The van der Waals surface area contributed by atoms with Gasteiger partial charge in [-0.15, -0.1) is 0 Å². The van der Waals surface area contributed by atoms with Gasteiger partial charge in [0.25, 0.3) is 0 Å². The van der Waals surface area contributed by atoms with Crippen molar-refractivity contribution < 1.29 is 0 Å². The Morgan fingerprint density at radius 3 is 2.79 bits per heavy atom. The number of hydrogen-bond acceptors (Lipinski definition) is 3. The standard InChI is InChI=1S/C11H17N3/c1-13(2)7-10-8-14(9-10)11-5-3-4-6-12-11/h3-6,10H,7-9H2,1-2H3. The summed E-state index contributed by atoms with van der Waals surface area (Å²) >= 11 is 0. The molecule has 2 heterocycles. The summed E-state index contributed by atoms with van der Waals surface area (Å²) in [5, 5.41) is 0. The van der Waals surface area contributed by atoms with Crippen molar-refractivity contribution in [1.82, 2.24) is 9.88 Å². The van der Waals surface area contributed by atoms with E-state index in [-0.39, 0.29) is 0 Å². The van der Waals surface area contributed by atoms with Gasteiger partial charge >= 0.3 is 0 Å². The molecule has 0 radical (unpaired) electrons. The van der Waals surface area contributed by atoms with E-state index in [9.17, 15) is 0 Å². The van der Waals surface area contributed by atoms with Crippen molar-refractivity contribution in [1.29, 1.82) is 0 Å². The first kappa shape index (κ1) is 9.46. The van der Waals surface area contributed by atoms with Crippen LogP contribution < -0.4 is 4.90 Å². The molecular weight excluding hydrogens is 174 g/mol. The lowest BCUT2D eigenvalue weighted by atomic mass is 10.00. The van der Waals surface area contributed by atoms with Gasteiger partial charge in [0.15, 0.2) is 0 Å². The van der Waals surface area contributed by atoms with Gasteiger partial charge < -0.3 is 9.80 Å². The SMILES string of the molecule is CN(C)CC1CN(c2ccccn2)C1. The average Bonchev–Trinajstić information content (AvgIpc) is 2.12. The predicted octanol–water partition coefficient (Wildman–Crippen LogP) is 1.08. The maximum absolute atomic E-state index is 4.33. The van der Waals surface area contributed by atoms with Crippen LogP contribution in [-0.4, -0.2) is 43.6 Å². The fraction of sp³-hybridized carbons (Fsp3) is 0.545. The third kappa shape index (κ3) is 2.04. The van der Waals surface area contributed by atoms with E-state index in [2.05, 4.69) is 34.9 Å². The van der Waals surface area contributed by atoms with E-state index in [1.165, 1.54) is 6.54 Å². The van der Waals surface area contributed by atoms with E-state index in [1.807, 2.05) is 18.3 Å². The average molecular weight is 191 g/mol. The first-order chi connectivity index (χ1) is 6.75. The summed E-state index contributed by atoms with van der Waals surface area (Å²) in [5.41, 5.74) is 0. The molecule has 0 amide bonds. The Morgan fingerprint density at radius 2 is 2.21 bits per heavy atom. The Hall–Kier alpha value is -1.09. The van der Waals surface area contributed by atoms with Crippen LogP contribution in [0.2, 0.25) is 0 Å². The Bertz CT molecular complexity index is 278. The van der Waals surface area contributed by atoms with Crippen LogP contribution >= 0.6 is 0 Å². The zero-order valence-electron chi connectivity index (χ0n) is 8.85. The fourth-order valence-corrected chi connectivity index (χ4v) is 1.93. The topological polar surface area (TPSA) is 19.4 Å². The van der Waals surface area contributed by atoms with E-state index >= 15 is 0 Å². The lowest BCUT2D eigenvalue weighted by Crippen LogP contribution is -2.50. The summed E-state index contributed by atoms with van der Waals surface area (Å²) < 4.78 is 0. The van der Waals surface area contributed by atoms with Gasteiger partial charge in [0.05, 0.1) is 0 Å². The van der Waals surface area contributed by atoms with Crippen LogP contribution in [0.5, 0.6) is 0 Å². The summed E-state index contributed by atoms with van der Waals surface area (Å²) in [6, 6.07) is 6.08. The highest BCUT2D eigenvalue weighted by Crippen LogP contribution is 2.22. The Labute approximate surface area is 85.4 Å². The van der Waals surface area contributed by atoms with Crippen molar-refractivity contribution in [3.63, 3.8) is 0 Å². The highest BCUT2D eigenvalue weighted by molar-refractivity contribution is 5.40. The largest absolute Gasteiger partial charge is 0.356 e. The van der Waals surface area contributed by atoms with Crippen molar-refractivity contribution in [2.24, 2.45) is 5.92 Å². The second-order valence-electron chi connectivity index (χ2n) is 4.22. The number of rotatable bonds is 3. The Morgan fingerprint density at radius 1 is 1.43 bits per heavy atom. The molecule has 1 aliphatic rings. The number of nitrogens with zero attached hydrogens (tertiary/aromatic N) is 3. The first-order valence-electron chi connectivity index (χ1n) is 5.06. The van der Waals surface area contributed by atoms with Gasteiger partial charge in [0, 0.05) is 31.7 Å². The second kappa shape index (κ2) is 3.96. The Kier molecular flexibility index (Phi) is 2.68. The van der Waals surface area contributed by atoms with Crippen LogP contribution in [0.15, 0.2) is 24.4 Å². The minimum Gasteiger partial charge on any atom is -0.356 e. The third-order valence-corrected chi connectivity index (χ3v) is 2.55. The molecule has 1 saturated heterocycles. The van der Waals surface area contributed by atoms with Gasteiger partial charge in [-0.05, 0) is 26.2 Å². The quantitative estimate of drug-likeness (QED) is 0.712. The summed E-state index contributed by atoms with van der Waals surface area (Å²) in [6.45, 7) is 3.48. The van der Waals surface area contributed by atoms with Gasteiger partial charge in [-0.3, -0.25) is 0 Å². The molecule has 3 heteroatoms. The van der Waals surface area contributed by atoms with Crippen molar-refractivity contribution in [2.45, 2.75) is 0 Å². The molecule has 0 bridgehead atoms. The molecule has 0 saturated carbocycles. The van der Waals surface area contributed by atoms with E-state index in [0.29, 0.717) is 0 Å². The molecule has 1 aromatic rings. The maximum Gasteiger partial charge on any atom is 0.128 e. The van der Waals surface area contributed by atoms with E-state index in [1.54, 1.807) is 0 Å². The molecule has 3 nitrogen and oxygen atoms in total. The number of hydrogen-bond donors (Lipinski definition) is 0. The molecule has 0 atom stereocenters. The molecule has 0 spiro atoms.